The second-order valence-corrected chi connectivity index (χ2v) is 6.10. The van der Waals surface area contributed by atoms with Gasteiger partial charge in [-0.05, 0) is 25.4 Å². The zero-order valence-corrected chi connectivity index (χ0v) is 15.1. The maximum Gasteiger partial charge on any atom is 0.226 e. The minimum atomic E-state index is 0. The molecule has 2 heterocycles. The number of thiophene rings is 1. The Balaban J connectivity index is 0.00000200. The second-order valence-electron chi connectivity index (χ2n) is 4.29. The van der Waals surface area contributed by atoms with E-state index >= 15 is 0 Å². The van der Waals surface area contributed by atoms with Crippen molar-refractivity contribution in [3.05, 3.63) is 28.6 Å². The molecule has 2 rings (SSSR count). The molecule has 0 saturated heterocycles. The SMILES string of the molecule is CNC(C)CNC(=O)Cc1csc(-c2cccs2)n1.Cl.Cl. The summed E-state index contributed by atoms with van der Waals surface area (Å²) in [6.45, 7) is 2.66. The molecule has 0 saturated carbocycles. The summed E-state index contributed by atoms with van der Waals surface area (Å²) in [5.41, 5.74) is 0.836. The van der Waals surface area contributed by atoms with Crippen LogP contribution in [0.5, 0.6) is 0 Å². The lowest BCUT2D eigenvalue weighted by Gasteiger charge is -2.10. The maximum absolute atomic E-state index is 11.8. The summed E-state index contributed by atoms with van der Waals surface area (Å²) in [6.07, 6.45) is 0.346. The molecule has 118 valence electrons. The van der Waals surface area contributed by atoms with E-state index in [0.717, 1.165) is 15.6 Å². The molecule has 1 atom stereocenters. The largest absolute Gasteiger partial charge is 0.354 e. The molecule has 0 fully saturated rings. The first-order chi connectivity index (χ1) is 9.19. The van der Waals surface area contributed by atoms with E-state index in [9.17, 15) is 4.79 Å². The van der Waals surface area contributed by atoms with Gasteiger partial charge in [0.1, 0.15) is 5.01 Å². The first kappa shape index (κ1) is 20.3. The summed E-state index contributed by atoms with van der Waals surface area (Å²) < 4.78 is 0. The number of hydrogen-bond acceptors (Lipinski definition) is 5. The van der Waals surface area contributed by atoms with Crippen LogP contribution in [0.25, 0.3) is 9.88 Å². The topological polar surface area (TPSA) is 54.0 Å². The third kappa shape index (κ3) is 6.32. The van der Waals surface area contributed by atoms with Gasteiger partial charge in [0.05, 0.1) is 17.0 Å². The number of carbonyl (C=O) groups is 1. The van der Waals surface area contributed by atoms with Gasteiger partial charge in [0, 0.05) is 18.0 Å². The third-order valence-electron chi connectivity index (χ3n) is 2.72. The number of aromatic nitrogens is 1. The lowest BCUT2D eigenvalue weighted by atomic mass is 10.3. The molecule has 2 N–H and O–H groups in total. The Hall–Kier alpha value is -0.660. The zero-order valence-electron chi connectivity index (χ0n) is 11.8. The van der Waals surface area contributed by atoms with Gasteiger partial charge in [-0.15, -0.1) is 47.5 Å². The van der Waals surface area contributed by atoms with Gasteiger partial charge in [0.2, 0.25) is 5.91 Å². The van der Waals surface area contributed by atoms with Crippen molar-refractivity contribution in [2.75, 3.05) is 13.6 Å². The summed E-state index contributed by atoms with van der Waals surface area (Å²) in [7, 11) is 1.88. The number of halogens is 2. The molecule has 0 bridgehead atoms. The number of carbonyl (C=O) groups excluding carboxylic acids is 1. The summed E-state index contributed by atoms with van der Waals surface area (Å²) in [4.78, 5) is 17.4. The third-order valence-corrected chi connectivity index (χ3v) is 4.65. The molecule has 8 heteroatoms. The van der Waals surface area contributed by atoms with Crippen LogP contribution in [0, 0.1) is 0 Å². The molecule has 21 heavy (non-hydrogen) atoms. The highest BCUT2D eigenvalue weighted by Gasteiger charge is 2.10. The van der Waals surface area contributed by atoms with Crippen LogP contribution >= 0.6 is 47.5 Å². The lowest BCUT2D eigenvalue weighted by Crippen LogP contribution is -2.37. The summed E-state index contributed by atoms with van der Waals surface area (Å²) >= 11 is 3.25. The van der Waals surface area contributed by atoms with Crippen LogP contribution in [0.15, 0.2) is 22.9 Å². The Kier molecular flexibility index (Phi) is 9.81. The first-order valence-corrected chi connectivity index (χ1v) is 7.87. The highest BCUT2D eigenvalue weighted by Crippen LogP contribution is 2.27. The average Bonchev–Trinajstić information content (AvgIpc) is 3.06. The van der Waals surface area contributed by atoms with Gasteiger partial charge in [-0.25, -0.2) is 4.98 Å². The smallest absolute Gasteiger partial charge is 0.226 e. The Morgan fingerprint density at radius 1 is 1.38 bits per heavy atom. The molecular weight excluding hydrogens is 349 g/mol. The van der Waals surface area contributed by atoms with Crippen LogP contribution in [-0.4, -0.2) is 30.5 Å². The van der Waals surface area contributed by atoms with Gasteiger partial charge in [0.15, 0.2) is 0 Å². The van der Waals surface area contributed by atoms with Gasteiger partial charge in [0.25, 0.3) is 0 Å². The number of hydrogen-bond donors (Lipinski definition) is 2. The molecule has 1 amide bonds. The van der Waals surface area contributed by atoms with Crippen molar-refractivity contribution in [3.63, 3.8) is 0 Å². The van der Waals surface area contributed by atoms with E-state index in [0.29, 0.717) is 13.0 Å². The van der Waals surface area contributed by atoms with E-state index < -0.39 is 0 Å². The Morgan fingerprint density at radius 3 is 2.76 bits per heavy atom. The van der Waals surface area contributed by atoms with Crippen molar-refractivity contribution >= 4 is 53.4 Å². The summed E-state index contributed by atoms with van der Waals surface area (Å²) in [5, 5.41) is 10.9. The highest BCUT2D eigenvalue weighted by molar-refractivity contribution is 7.20. The van der Waals surface area contributed by atoms with Crippen molar-refractivity contribution in [3.8, 4) is 9.88 Å². The van der Waals surface area contributed by atoms with Crippen LogP contribution in [0.1, 0.15) is 12.6 Å². The summed E-state index contributed by atoms with van der Waals surface area (Å²) in [5.74, 6) is 0.0186. The van der Waals surface area contributed by atoms with Gasteiger partial charge in [-0.3, -0.25) is 4.79 Å². The number of thiazole rings is 1. The number of likely N-dealkylation sites (N-methyl/N-ethyl adjacent to an activating group) is 1. The fourth-order valence-electron chi connectivity index (χ4n) is 1.50. The van der Waals surface area contributed by atoms with Crippen LogP contribution in [0.2, 0.25) is 0 Å². The quantitative estimate of drug-likeness (QED) is 0.824. The Morgan fingerprint density at radius 2 is 2.14 bits per heavy atom. The Labute approximate surface area is 145 Å². The minimum Gasteiger partial charge on any atom is -0.354 e. The van der Waals surface area contributed by atoms with Gasteiger partial charge in [-0.1, -0.05) is 6.07 Å². The molecule has 1 unspecified atom stereocenters. The maximum atomic E-state index is 11.8. The number of nitrogens with zero attached hydrogens (tertiary/aromatic N) is 1. The molecule has 0 spiro atoms. The van der Waals surface area contributed by atoms with E-state index in [4.69, 9.17) is 0 Å². The monoisotopic (exact) mass is 367 g/mol. The molecule has 4 nitrogen and oxygen atoms in total. The molecule has 0 aromatic carbocycles. The standard InChI is InChI=1S/C13H17N3OS2.2ClH/c1-9(14-2)7-15-12(17)6-10-8-19-13(16-10)11-4-3-5-18-11;;/h3-5,8-9,14H,6-7H2,1-2H3,(H,15,17);2*1H. The molecule has 2 aromatic heterocycles. The fourth-order valence-corrected chi connectivity index (χ4v) is 3.13. The first-order valence-electron chi connectivity index (χ1n) is 6.11. The second kappa shape index (κ2) is 10.1. The number of nitrogens with one attached hydrogen (secondary N) is 2. The molecule has 2 aromatic rings. The van der Waals surface area contributed by atoms with Gasteiger partial charge in [-0.2, -0.15) is 0 Å². The van der Waals surface area contributed by atoms with Crippen molar-refractivity contribution in [2.24, 2.45) is 0 Å². The normalized spacial score (nSPS) is 11.1. The molecule has 0 aliphatic carbocycles. The van der Waals surface area contributed by atoms with Gasteiger partial charge >= 0.3 is 0 Å². The van der Waals surface area contributed by atoms with Crippen molar-refractivity contribution in [2.45, 2.75) is 19.4 Å². The van der Waals surface area contributed by atoms with Crippen molar-refractivity contribution in [1.82, 2.24) is 15.6 Å². The van der Waals surface area contributed by atoms with Crippen LogP contribution in [-0.2, 0) is 11.2 Å². The lowest BCUT2D eigenvalue weighted by molar-refractivity contribution is -0.120. The molecule has 0 radical (unpaired) electrons. The average molecular weight is 368 g/mol. The van der Waals surface area contributed by atoms with Crippen molar-refractivity contribution < 1.29 is 4.79 Å². The van der Waals surface area contributed by atoms with Crippen LogP contribution in [0.3, 0.4) is 0 Å². The van der Waals surface area contributed by atoms with E-state index in [2.05, 4.69) is 15.6 Å². The van der Waals surface area contributed by atoms with E-state index in [-0.39, 0.29) is 36.8 Å². The molecule has 0 aliphatic rings. The zero-order chi connectivity index (χ0) is 13.7. The fraction of sp³-hybridized carbons (Fsp3) is 0.385. The molecule has 0 aliphatic heterocycles. The van der Waals surface area contributed by atoms with Crippen molar-refractivity contribution in [1.29, 1.82) is 0 Å². The van der Waals surface area contributed by atoms with Gasteiger partial charge < -0.3 is 10.6 Å². The van der Waals surface area contributed by atoms with E-state index in [1.54, 1.807) is 22.7 Å². The molecular formula is C13H19Cl2N3OS2. The minimum absolute atomic E-state index is 0. The summed E-state index contributed by atoms with van der Waals surface area (Å²) in [6, 6.07) is 4.33. The Bertz CT molecular complexity index is 531. The van der Waals surface area contributed by atoms with E-state index in [1.807, 2.05) is 36.9 Å². The number of rotatable bonds is 6. The van der Waals surface area contributed by atoms with Crippen LogP contribution in [0.4, 0.5) is 0 Å². The highest BCUT2D eigenvalue weighted by atomic mass is 35.5. The van der Waals surface area contributed by atoms with E-state index in [1.165, 1.54) is 0 Å². The predicted molar refractivity (Wildman–Crippen MR) is 95.2 cm³/mol. The van der Waals surface area contributed by atoms with Crippen LogP contribution < -0.4 is 10.6 Å². The number of amides is 1. The predicted octanol–water partition coefficient (Wildman–Crippen LogP) is 2.98.